The van der Waals surface area contributed by atoms with Crippen molar-refractivity contribution in [3.63, 3.8) is 0 Å². The van der Waals surface area contributed by atoms with Crippen LogP contribution in [0.5, 0.6) is 0 Å². The standard InChI is InChI=1S/C13H16F3NOS/c1-5-11(17-19(18)13(2,3)4)12-9(15)6-8(14)7-10(12)16/h5-7,11,17H,1H2,2-4H3/t11-,19?/m1/s1. The van der Waals surface area contributed by atoms with Gasteiger partial charge in [-0.3, -0.25) is 0 Å². The van der Waals surface area contributed by atoms with E-state index in [4.69, 9.17) is 0 Å². The summed E-state index contributed by atoms with van der Waals surface area (Å²) in [5.74, 6) is -3.08. The van der Waals surface area contributed by atoms with Crippen LogP contribution in [-0.2, 0) is 11.0 Å². The summed E-state index contributed by atoms with van der Waals surface area (Å²) in [4.78, 5) is 0. The maximum Gasteiger partial charge on any atom is 0.134 e. The summed E-state index contributed by atoms with van der Waals surface area (Å²) >= 11 is 0. The van der Waals surface area contributed by atoms with Crippen LogP contribution in [0.25, 0.3) is 0 Å². The predicted molar refractivity (Wildman–Crippen MR) is 70.3 cm³/mol. The van der Waals surface area contributed by atoms with Crippen molar-refractivity contribution in [3.05, 3.63) is 47.8 Å². The van der Waals surface area contributed by atoms with Gasteiger partial charge >= 0.3 is 0 Å². The third kappa shape index (κ3) is 3.91. The largest absolute Gasteiger partial charge is 0.242 e. The third-order valence-corrected chi connectivity index (χ3v) is 3.96. The summed E-state index contributed by atoms with van der Waals surface area (Å²) < 4.78 is 54.0. The fraction of sp³-hybridized carbons (Fsp3) is 0.385. The minimum absolute atomic E-state index is 0.394. The Morgan fingerprint density at radius 3 is 2.11 bits per heavy atom. The van der Waals surface area contributed by atoms with E-state index in [2.05, 4.69) is 11.3 Å². The van der Waals surface area contributed by atoms with Crippen LogP contribution in [0.3, 0.4) is 0 Å². The van der Waals surface area contributed by atoms with Crippen molar-refractivity contribution < 1.29 is 17.4 Å². The maximum atomic E-state index is 13.6. The van der Waals surface area contributed by atoms with Crippen molar-refractivity contribution in [3.8, 4) is 0 Å². The first-order valence-corrected chi connectivity index (χ1v) is 6.77. The maximum absolute atomic E-state index is 13.6. The molecular formula is C13H16F3NOS. The molecule has 0 aromatic heterocycles. The molecule has 1 N–H and O–H groups in total. The van der Waals surface area contributed by atoms with Crippen LogP contribution < -0.4 is 4.72 Å². The number of hydrogen-bond donors (Lipinski definition) is 1. The van der Waals surface area contributed by atoms with E-state index < -0.39 is 44.8 Å². The Balaban J connectivity index is 3.12. The van der Waals surface area contributed by atoms with Crippen LogP contribution in [0.4, 0.5) is 13.2 Å². The van der Waals surface area contributed by atoms with Crippen LogP contribution >= 0.6 is 0 Å². The van der Waals surface area contributed by atoms with Crippen LogP contribution in [0.2, 0.25) is 0 Å². The van der Waals surface area contributed by atoms with E-state index in [1.54, 1.807) is 20.8 Å². The number of hydrogen-bond acceptors (Lipinski definition) is 1. The van der Waals surface area contributed by atoms with Crippen molar-refractivity contribution in [1.29, 1.82) is 0 Å². The van der Waals surface area contributed by atoms with E-state index in [9.17, 15) is 17.4 Å². The lowest BCUT2D eigenvalue weighted by molar-refractivity contribution is 0.510. The van der Waals surface area contributed by atoms with Gasteiger partial charge in [-0.1, -0.05) is 6.08 Å². The Labute approximate surface area is 113 Å². The number of rotatable bonds is 4. The molecule has 0 saturated carbocycles. The highest BCUT2D eigenvalue weighted by atomic mass is 32.2. The van der Waals surface area contributed by atoms with Gasteiger partial charge in [0.15, 0.2) is 0 Å². The highest BCUT2D eigenvalue weighted by molar-refractivity contribution is 7.84. The highest BCUT2D eigenvalue weighted by Gasteiger charge is 2.25. The van der Waals surface area contributed by atoms with Crippen LogP contribution in [0.15, 0.2) is 24.8 Å². The molecule has 0 heterocycles. The molecule has 0 aliphatic heterocycles. The molecule has 1 aromatic rings. The van der Waals surface area contributed by atoms with Gasteiger partial charge in [0.25, 0.3) is 0 Å². The molecule has 2 nitrogen and oxygen atoms in total. The minimum atomic E-state index is -1.54. The molecule has 6 heteroatoms. The first kappa shape index (κ1) is 15.9. The van der Waals surface area contributed by atoms with Gasteiger partial charge in [0.1, 0.15) is 17.5 Å². The van der Waals surface area contributed by atoms with Gasteiger partial charge in [-0.2, -0.15) is 0 Å². The lowest BCUT2D eigenvalue weighted by Gasteiger charge is -2.23. The molecular weight excluding hydrogens is 275 g/mol. The Morgan fingerprint density at radius 1 is 1.26 bits per heavy atom. The number of halogens is 3. The number of nitrogens with one attached hydrogen (secondary N) is 1. The Hall–Kier alpha value is -1.14. The lowest BCUT2D eigenvalue weighted by Crippen LogP contribution is -2.35. The summed E-state index contributed by atoms with van der Waals surface area (Å²) in [5.41, 5.74) is -0.394. The molecule has 0 amide bonds. The van der Waals surface area contributed by atoms with E-state index in [0.717, 1.165) is 0 Å². The first-order chi connectivity index (χ1) is 8.66. The summed E-state index contributed by atoms with van der Waals surface area (Å²) in [6.45, 7) is 8.60. The predicted octanol–water partition coefficient (Wildman–Crippen LogP) is 3.38. The van der Waals surface area contributed by atoms with E-state index >= 15 is 0 Å². The van der Waals surface area contributed by atoms with Gasteiger partial charge in [0.2, 0.25) is 0 Å². The molecule has 0 aliphatic carbocycles. The zero-order chi connectivity index (χ0) is 14.8. The van der Waals surface area contributed by atoms with Gasteiger partial charge in [-0.05, 0) is 20.8 Å². The normalized spacial score (nSPS) is 15.1. The van der Waals surface area contributed by atoms with Gasteiger partial charge in [0.05, 0.1) is 21.8 Å². The second-order valence-corrected chi connectivity index (χ2v) is 6.99. The molecule has 0 spiro atoms. The van der Waals surface area contributed by atoms with Crippen molar-refractivity contribution >= 4 is 11.0 Å². The van der Waals surface area contributed by atoms with Gasteiger partial charge in [-0.25, -0.2) is 22.1 Å². The molecule has 0 aliphatic rings. The van der Waals surface area contributed by atoms with Crippen LogP contribution in [0, 0.1) is 17.5 Å². The topological polar surface area (TPSA) is 29.1 Å². The van der Waals surface area contributed by atoms with Crippen molar-refractivity contribution in [2.75, 3.05) is 0 Å². The summed E-state index contributed by atoms with van der Waals surface area (Å²) in [7, 11) is -1.54. The monoisotopic (exact) mass is 291 g/mol. The Bertz CT molecular complexity index is 488. The zero-order valence-corrected chi connectivity index (χ0v) is 11.8. The molecule has 1 unspecified atom stereocenters. The Morgan fingerprint density at radius 2 is 1.74 bits per heavy atom. The second kappa shape index (κ2) is 5.88. The van der Waals surface area contributed by atoms with E-state index in [1.807, 2.05) is 0 Å². The number of benzene rings is 1. The lowest BCUT2D eigenvalue weighted by atomic mass is 10.1. The van der Waals surface area contributed by atoms with Gasteiger partial charge < -0.3 is 0 Å². The van der Waals surface area contributed by atoms with E-state index in [1.165, 1.54) is 6.08 Å². The first-order valence-electron chi connectivity index (χ1n) is 5.62. The molecule has 2 atom stereocenters. The molecule has 0 radical (unpaired) electrons. The second-order valence-electron chi connectivity index (χ2n) is 5.00. The van der Waals surface area contributed by atoms with E-state index in [-0.39, 0.29) is 0 Å². The molecule has 1 aromatic carbocycles. The van der Waals surface area contributed by atoms with Crippen LogP contribution in [-0.4, -0.2) is 8.96 Å². The zero-order valence-electron chi connectivity index (χ0n) is 11.0. The quantitative estimate of drug-likeness (QED) is 0.847. The van der Waals surface area contributed by atoms with Gasteiger partial charge in [-0.15, -0.1) is 6.58 Å². The average Bonchev–Trinajstić information content (AvgIpc) is 2.24. The summed E-state index contributed by atoms with van der Waals surface area (Å²) in [6.07, 6.45) is 1.23. The molecule has 106 valence electrons. The average molecular weight is 291 g/mol. The molecule has 0 fully saturated rings. The van der Waals surface area contributed by atoms with E-state index in [0.29, 0.717) is 12.1 Å². The van der Waals surface area contributed by atoms with Crippen molar-refractivity contribution in [2.24, 2.45) is 0 Å². The molecule has 1 rings (SSSR count). The SMILES string of the molecule is C=C[C@@H](NS(=O)C(C)(C)C)c1c(F)cc(F)cc1F. The van der Waals surface area contributed by atoms with Crippen molar-refractivity contribution in [2.45, 2.75) is 31.6 Å². The third-order valence-electron chi connectivity index (χ3n) is 2.38. The smallest absolute Gasteiger partial charge is 0.134 e. The minimum Gasteiger partial charge on any atom is -0.242 e. The molecule has 0 saturated heterocycles. The summed E-state index contributed by atoms with van der Waals surface area (Å²) in [5, 5.41) is 0. The van der Waals surface area contributed by atoms with Crippen molar-refractivity contribution in [1.82, 2.24) is 4.72 Å². The van der Waals surface area contributed by atoms with Crippen LogP contribution in [0.1, 0.15) is 32.4 Å². The molecule has 0 bridgehead atoms. The fourth-order valence-corrected chi connectivity index (χ4v) is 2.17. The van der Waals surface area contributed by atoms with Gasteiger partial charge in [0, 0.05) is 17.7 Å². The Kier molecular flexibility index (Phi) is 4.92. The molecule has 19 heavy (non-hydrogen) atoms. The summed E-state index contributed by atoms with van der Waals surface area (Å²) in [6, 6.07) is 0.161. The fourth-order valence-electron chi connectivity index (χ4n) is 1.37. The highest BCUT2D eigenvalue weighted by Crippen LogP contribution is 2.24.